The van der Waals surface area contributed by atoms with Gasteiger partial charge in [0.15, 0.2) is 0 Å². The van der Waals surface area contributed by atoms with Crippen molar-refractivity contribution >= 4 is 57.8 Å². The molecule has 1 aromatic heterocycles. The summed E-state index contributed by atoms with van der Waals surface area (Å²) in [6.07, 6.45) is 3.50. The van der Waals surface area contributed by atoms with Gasteiger partial charge in [0, 0.05) is 6.20 Å². The summed E-state index contributed by atoms with van der Waals surface area (Å²) in [4.78, 5) is 45.8. The number of amides is 2. The third-order valence-corrected chi connectivity index (χ3v) is 5.84. The summed E-state index contributed by atoms with van der Waals surface area (Å²) < 4.78 is -0.789. The van der Waals surface area contributed by atoms with E-state index in [4.69, 9.17) is 28.9 Å². The van der Waals surface area contributed by atoms with Crippen LogP contribution < -0.4 is 5.73 Å². The highest BCUT2D eigenvalue weighted by Crippen LogP contribution is 2.44. The Bertz CT molecular complexity index is 785. The maximum absolute atomic E-state index is 12.6. The Balaban J connectivity index is 1.75. The fourth-order valence-corrected chi connectivity index (χ4v) is 4.01. The topological polar surface area (TPSA) is 106 Å². The van der Waals surface area contributed by atoms with E-state index in [2.05, 4.69) is 9.97 Å². The Kier molecular flexibility index (Phi) is 5.04. The summed E-state index contributed by atoms with van der Waals surface area (Å²) in [5, 5.41) is -0.475. The van der Waals surface area contributed by atoms with Gasteiger partial charge in [-0.2, -0.15) is 0 Å². The van der Waals surface area contributed by atoms with Gasteiger partial charge in [-0.25, -0.2) is 9.97 Å². The lowest BCUT2D eigenvalue weighted by molar-refractivity contribution is -0.122. The lowest BCUT2D eigenvalue weighted by Gasteiger charge is -2.26. The van der Waals surface area contributed by atoms with E-state index >= 15 is 0 Å². The highest BCUT2D eigenvalue weighted by Gasteiger charge is 2.40. The van der Waals surface area contributed by atoms with Gasteiger partial charge in [0.25, 0.3) is 11.1 Å². The van der Waals surface area contributed by atoms with Gasteiger partial charge in [0.05, 0.1) is 11.4 Å². The molecule has 7 nitrogen and oxygen atoms in total. The highest BCUT2D eigenvalue weighted by atomic mass is 35.5. The zero-order valence-corrected chi connectivity index (χ0v) is 15.3. The number of nitrogens with zero attached hydrogens (tertiary/aromatic N) is 3. The van der Waals surface area contributed by atoms with Crippen molar-refractivity contribution in [3.8, 4) is 0 Å². The predicted octanol–water partition coefficient (Wildman–Crippen LogP) is 2.94. The van der Waals surface area contributed by atoms with Crippen molar-refractivity contribution in [1.82, 2.24) is 14.9 Å². The average Bonchev–Trinajstić information content (AvgIpc) is 2.83. The molecule has 0 aromatic carbocycles. The number of rotatable bonds is 3. The minimum absolute atomic E-state index is 0.0463. The first kappa shape index (κ1) is 18.2. The summed E-state index contributed by atoms with van der Waals surface area (Å²) in [7, 11) is 0. The van der Waals surface area contributed by atoms with Crippen molar-refractivity contribution in [2.45, 2.75) is 30.0 Å². The van der Waals surface area contributed by atoms with Crippen molar-refractivity contribution in [3.05, 3.63) is 28.4 Å². The predicted molar refractivity (Wildman–Crippen MR) is 95.4 cm³/mol. The SMILES string of the molecule is Nc1nccc(C(=O)CN2C(=O)SC(=C3CCC(Cl)(Cl)CC3)C2=O)n1. The molecule has 2 N–H and O–H groups in total. The number of Topliss-reactive ketones (excluding diaryl/α,β-unsaturated/α-hetero) is 1. The minimum Gasteiger partial charge on any atom is -0.368 e. The van der Waals surface area contributed by atoms with Crippen LogP contribution in [0.5, 0.6) is 0 Å². The van der Waals surface area contributed by atoms with Gasteiger partial charge in [-0.15, -0.1) is 23.2 Å². The molecule has 1 aromatic rings. The zero-order valence-electron chi connectivity index (χ0n) is 13.0. The van der Waals surface area contributed by atoms with Gasteiger partial charge < -0.3 is 5.73 Å². The molecule has 2 aliphatic rings. The van der Waals surface area contributed by atoms with Crippen LogP contribution in [0.25, 0.3) is 0 Å². The number of imide groups is 1. The molecule has 2 fully saturated rings. The van der Waals surface area contributed by atoms with E-state index < -0.39 is 21.3 Å². The van der Waals surface area contributed by atoms with Crippen molar-refractivity contribution in [3.63, 3.8) is 0 Å². The number of carbonyl (C=O) groups is 3. The smallest absolute Gasteiger partial charge is 0.293 e. The fraction of sp³-hybridized carbons (Fsp3) is 0.400. The van der Waals surface area contributed by atoms with Crippen LogP contribution in [-0.2, 0) is 4.79 Å². The van der Waals surface area contributed by atoms with Crippen LogP contribution in [0.15, 0.2) is 22.7 Å². The number of halogens is 2. The second kappa shape index (κ2) is 6.93. The third kappa shape index (κ3) is 3.96. The average molecular weight is 401 g/mol. The quantitative estimate of drug-likeness (QED) is 0.472. The maximum atomic E-state index is 12.6. The second-order valence-corrected chi connectivity index (χ2v) is 8.37. The maximum Gasteiger partial charge on any atom is 0.293 e. The number of nitrogen functional groups attached to an aromatic ring is 1. The number of aromatic nitrogens is 2. The van der Waals surface area contributed by atoms with E-state index in [0.717, 1.165) is 22.2 Å². The van der Waals surface area contributed by atoms with Crippen LogP contribution >= 0.6 is 35.0 Å². The molecule has 0 spiro atoms. The molecule has 1 aliphatic carbocycles. The number of thioether (sulfide) groups is 1. The van der Waals surface area contributed by atoms with E-state index in [-0.39, 0.29) is 18.2 Å². The molecule has 132 valence electrons. The van der Waals surface area contributed by atoms with Gasteiger partial charge in [-0.05, 0) is 43.5 Å². The lowest BCUT2D eigenvalue weighted by atomic mass is 9.93. The minimum atomic E-state index is -0.789. The normalized spacial score (nSPS) is 20.3. The third-order valence-electron chi connectivity index (χ3n) is 4.02. The molecule has 2 amide bonds. The summed E-state index contributed by atoms with van der Waals surface area (Å²) in [6, 6.07) is 1.39. The van der Waals surface area contributed by atoms with Gasteiger partial charge in [0.1, 0.15) is 10.0 Å². The van der Waals surface area contributed by atoms with Crippen molar-refractivity contribution in [2.75, 3.05) is 12.3 Å². The molecule has 0 radical (unpaired) electrons. The van der Waals surface area contributed by atoms with Gasteiger partial charge in [-0.1, -0.05) is 5.57 Å². The number of ketones is 1. The zero-order chi connectivity index (χ0) is 18.2. The van der Waals surface area contributed by atoms with E-state index in [1.54, 1.807) is 0 Å². The monoisotopic (exact) mass is 400 g/mol. The van der Waals surface area contributed by atoms with Crippen LogP contribution in [0.4, 0.5) is 10.7 Å². The Morgan fingerprint density at radius 3 is 2.64 bits per heavy atom. The highest BCUT2D eigenvalue weighted by molar-refractivity contribution is 8.18. The van der Waals surface area contributed by atoms with Gasteiger partial charge in [-0.3, -0.25) is 19.3 Å². The largest absolute Gasteiger partial charge is 0.368 e. The standard InChI is InChI=1S/C15H14Cl2N4O3S/c16-15(17)4-1-8(2-5-15)11-12(23)21(14(24)25-11)7-10(22)9-3-6-19-13(18)20-9/h3,6H,1-2,4-5,7H2,(H2,18,19,20). The van der Waals surface area contributed by atoms with E-state index in [9.17, 15) is 14.4 Å². The number of hydrogen-bond donors (Lipinski definition) is 1. The first-order chi connectivity index (χ1) is 11.8. The molecular formula is C15H14Cl2N4O3S. The fourth-order valence-electron chi connectivity index (χ4n) is 2.65. The molecular weight excluding hydrogens is 387 g/mol. The van der Waals surface area contributed by atoms with E-state index in [0.29, 0.717) is 30.6 Å². The number of carbonyl (C=O) groups excluding carboxylic acids is 3. The van der Waals surface area contributed by atoms with Crippen LogP contribution in [0.1, 0.15) is 36.2 Å². The van der Waals surface area contributed by atoms with Crippen LogP contribution in [-0.4, -0.2) is 42.7 Å². The van der Waals surface area contributed by atoms with Crippen molar-refractivity contribution in [1.29, 1.82) is 0 Å². The van der Waals surface area contributed by atoms with E-state index in [1.165, 1.54) is 12.3 Å². The Hall–Kier alpha value is -1.64. The molecule has 0 atom stereocenters. The summed E-state index contributed by atoms with van der Waals surface area (Å²) in [5.41, 5.74) is 6.37. The molecule has 1 saturated carbocycles. The first-order valence-corrected chi connectivity index (χ1v) is 9.09. The van der Waals surface area contributed by atoms with Crippen LogP contribution in [0.3, 0.4) is 0 Å². The Labute approximate surface area is 157 Å². The molecule has 1 aliphatic heterocycles. The summed E-state index contributed by atoms with van der Waals surface area (Å²) in [5.74, 6) is -0.987. The number of allylic oxidation sites excluding steroid dienone is 1. The van der Waals surface area contributed by atoms with Crippen molar-refractivity contribution in [2.24, 2.45) is 0 Å². The second-order valence-electron chi connectivity index (χ2n) is 5.77. The van der Waals surface area contributed by atoms with E-state index in [1.807, 2.05) is 0 Å². The molecule has 0 bridgehead atoms. The van der Waals surface area contributed by atoms with Crippen LogP contribution in [0, 0.1) is 0 Å². The Morgan fingerprint density at radius 1 is 1.32 bits per heavy atom. The molecule has 25 heavy (non-hydrogen) atoms. The molecule has 0 unspecified atom stereocenters. The van der Waals surface area contributed by atoms with Gasteiger partial charge >= 0.3 is 0 Å². The molecule has 10 heteroatoms. The number of hydrogen-bond acceptors (Lipinski definition) is 7. The Morgan fingerprint density at radius 2 is 2.00 bits per heavy atom. The number of alkyl halides is 2. The number of nitrogens with two attached hydrogens (primary N) is 1. The first-order valence-electron chi connectivity index (χ1n) is 7.52. The van der Waals surface area contributed by atoms with Crippen molar-refractivity contribution < 1.29 is 14.4 Å². The molecule has 1 saturated heterocycles. The molecule has 3 rings (SSSR count). The van der Waals surface area contributed by atoms with Crippen LogP contribution in [0.2, 0.25) is 0 Å². The summed E-state index contributed by atoms with van der Waals surface area (Å²) in [6.45, 7) is -0.382. The lowest BCUT2D eigenvalue weighted by Crippen LogP contribution is -2.34. The summed E-state index contributed by atoms with van der Waals surface area (Å²) >= 11 is 13.0. The molecule has 2 heterocycles. The van der Waals surface area contributed by atoms with Gasteiger partial charge in [0.2, 0.25) is 11.7 Å². The number of anilines is 1.